The number of guanidine groups is 1. The number of anilines is 1. The summed E-state index contributed by atoms with van der Waals surface area (Å²) in [6, 6.07) is 5.39. The molecule has 1 saturated heterocycles. The van der Waals surface area contributed by atoms with Crippen LogP contribution in [0.5, 0.6) is 5.75 Å². The Bertz CT molecular complexity index is 494. The fourth-order valence-electron chi connectivity index (χ4n) is 2.30. The summed E-state index contributed by atoms with van der Waals surface area (Å²) >= 11 is 6.06. The highest BCUT2D eigenvalue weighted by molar-refractivity contribution is 14.0. The normalized spacial score (nSPS) is 18.5. The second-order valence-corrected chi connectivity index (χ2v) is 5.43. The number of hydrogen-bond acceptors (Lipinski definition) is 3. The number of nitrogens with two attached hydrogens (primary N) is 1. The summed E-state index contributed by atoms with van der Waals surface area (Å²) < 4.78 is 10.8. The van der Waals surface area contributed by atoms with Crippen molar-refractivity contribution in [3.8, 4) is 5.75 Å². The van der Waals surface area contributed by atoms with Gasteiger partial charge in [-0.05, 0) is 43.9 Å². The third-order valence-corrected chi connectivity index (χ3v) is 3.73. The van der Waals surface area contributed by atoms with E-state index >= 15 is 0 Å². The molecule has 1 aliphatic heterocycles. The van der Waals surface area contributed by atoms with E-state index in [9.17, 15) is 0 Å². The molecule has 22 heavy (non-hydrogen) atoms. The molecule has 0 radical (unpaired) electrons. The highest BCUT2D eigenvalue weighted by Crippen LogP contribution is 2.27. The Balaban J connectivity index is 0.00000242. The van der Waals surface area contributed by atoms with Gasteiger partial charge in [0.05, 0.1) is 18.2 Å². The molecule has 0 amide bonds. The molecule has 0 saturated carbocycles. The fraction of sp³-hybridized carbons (Fsp3) is 0.533. The molecule has 1 aromatic rings. The summed E-state index contributed by atoms with van der Waals surface area (Å²) in [6.07, 6.45) is 4.77. The zero-order valence-corrected chi connectivity index (χ0v) is 15.8. The second kappa shape index (κ2) is 10.1. The number of rotatable bonds is 5. The Labute approximate surface area is 153 Å². The van der Waals surface area contributed by atoms with Crippen LogP contribution in [0.1, 0.15) is 25.7 Å². The van der Waals surface area contributed by atoms with Crippen molar-refractivity contribution in [2.45, 2.75) is 31.8 Å². The standard InChI is InChI=1S/C15H22ClN3O2.HI/c1-20-14-6-5-11(10-13(14)16)19-15(17)18-8-7-12-4-2-3-9-21-12;/h5-6,10,12H,2-4,7-9H2,1H3,(H3,17,18,19);1H. The van der Waals surface area contributed by atoms with E-state index in [0.29, 0.717) is 29.4 Å². The van der Waals surface area contributed by atoms with Crippen molar-refractivity contribution < 1.29 is 9.47 Å². The van der Waals surface area contributed by atoms with E-state index in [1.807, 2.05) is 6.07 Å². The molecule has 1 unspecified atom stereocenters. The number of hydrogen-bond donors (Lipinski definition) is 2. The van der Waals surface area contributed by atoms with Crippen LogP contribution in [0, 0.1) is 0 Å². The lowest BCUT2D eigenvalue weighted by Crippen LogP contribution is -2.24. The molecule has 1 heterocycles. The van der Waals surface area contributed by atoms with Gasteiger partial charge in [0.25, 0.3) is 0 Å². The lowest BCUT2D eigenvalue weighted by Gasteiger charge is -2.21. The summed E-state index contributed by atoms with van der Waals surface area (Å²) in [4.78, 5) is 4.31. The van der Waals surface area contributed by atoms with Gasteiger partial charge >= 0.3 is 0 Å². The van der Waals surface area contributed by atoms with Gasteiger partial charge in [0.15, 0.2) is 5.96 Å². The number of benzene rings is 1. The number of nitrogens with one attached hydrogen (secondary N) is 1. The van der Waals surface area contributed by atoms with E-state index in [1.165, 1.54) is 12.8 Å². The Morgan fingerprint density at radius 1 is 1.50 bits per heavy atom. The molecule has 0 aliphatic carbocycles. The minimum atomic E-state index is 0. The number of halogens is 2. The Kier molecular flexibility index (Phi) is 8.89. The molecule has 1 aromatic carbocycles. The monoisotopic (exact) mass is 439 g/mol. The molecule has 1 fully saturated rings. The molecule has 5 nitrogen and oxygen atoms in total. The molecule has 1 atom stereocenters. The Hall–Kier alpha value is -0.730. The maximum atomic E-state index is 6.06. The van der Waals surface area contributed by atoms with Crippen molar-refractivity contribution >= 4 is 47.2 Å². The largest absolute Gasteiger partial charge is 0.495 e. The highest BCUT2D eigenvalue weighted by Gasteiger charge is 2.12. The molecule has 0 bridgehead atoms. The van der Waals surface area contributed by atoms with Gasteiger partial charge in [-0.1, -0.05) is 11.6 Å². The topological polar surface area (TPSA) is 68.9 Å². The molecule has 7 heteroatoms. The Morgan fingerprint density at radius 3 is 2.95 bits per heavy atom. The van der Waals surface area contributed by atoms with Crippen molar-refractivity contribution in [2.24, 2.45) is 10.7 Å². The van der Waals surface area contributed by atoms with Crippen molar-refractivity contribution in [3.05, 3.63) is 23.2 Å². The van der Waals surface area contributed by atoms with E-state index in [4.69, 9.17) is 26.8 Å². The van der Waals surface area contributed by atoms with Crippen LogP contribution in [0.3, 0.4) is 0 Å². The average molecular weight is 440 g/mol. The molecule has 3 N–H and O–H groups in total. The summed E-state index contributed by atoms with van der Waals surface area (Å²) in [5.74, 6) is 1.01. The van der Waals surface area contributed by atoms with Crippen molar-refractivity contribution in [3.63, 3.8) is 0 Å². The van der Waals surface area contributed by atoms with Gasteiger partial charge in [-0.15, -0.1) is 24.0 Å². The SMILES string of the molecule is COc1ccc(NC(N)=NCCC2CCCCO2)cc1Cl.I. The Morgan fingerprint density at radius 2 is 2.32 bits per heavy atom. The van der Waals surface area contributed by atoms with Gasteiger partial charge in [-0.2, -0.15) is 0 Å². The summed E-state index contributed by atoms with van der Waals surface area (Å²) in [5, 5.41) is 3.55. The van der Waals surface area contributed by atoms with E-state index in [2.05, 4.69) is 10.3 Å². The number of methoxy groups -OCH3 is 1. The van der Waals surface area contributed by atoms with Crippen molar-refractivity contribution in [1.29, 1.82) is 0 Å². The van der Waals surface area contributed by atoms with Gasteiger partial charge < -0.3 is 20.5 Å². The minimum absolute atomic E-state index is 0. The first-order valence-corrected chi connectivity index (χ1v) is 7.59. The van der Waals surface area contributed by atoms with E-state index in [-0.39, 0.29) is 24.0 Å². The molecule has 1 aliphatic rings. The van der Waals surface area contributed by atoms with Gasteiger partial charge in [0, 0.05) is 18.8 Å². The average Bonchev–Trinajstić information content (AvgIpc) is 2.48. The first kappa shape index (κ1) is 19.3. The molecule has 0 aromatic heterocycles. The molecule has 0 spiro atoms. The molecular weight excluding hydrogens is 417 g/mol. The van der Waals surface area contributed by atoms with E-state index < -0.39 is 0 Å². The van der Waals surface area contributed by atoms with E-state index in [1.54, 1.807) is 19.2 Å². The highest BCUT2D eigenvalue weighted by atomic mass is 127. The second-order valence-electron chi connectivity index (χ2n) is 5.02. The molecule has 2 rings (SSSR count). The van der Waals surface area contributed by atoms with Crippen LogP contribution in [0.25, 0.3) is 0 Å². The minimum Gasteiger partial charge on any atom is -0.495 e. The zero-order chi connectivity index (χ0) is 15.1. The lowest BCUT2D eigenvalue weighted by molar-refractivity contribution is 0.0129. The number of nitrogens with zero attached hydrogens (tertiary/aromatic N) is 1. The number of ether oxygens (including phenoxy) is 2. The predicted molar refractivity (Wildman–Crippen MR) is 102 cm³/mol. The maximum Gasteiger partial charge on any atom is 0.193 e. The van der Waals surface area contributed by atoms with Crippen molar-refractivity contribution in [1.82, 2.24) is 0 Å². The van der Waals surface area contributed by atoms with Crippen LogP contribution in [0.15, 0.2) is 23.2 Å². The van der Waals surface area contributed by atoms with Gasteiger partial charge in [0.2, 0.25) is 0 Å². The summed E-state index contributed by atoms with van der Waals surface area (Å²) in [7, 11) is 1.58. The third kappa shape index (κ3) is 6.18. The smallest absolute Gasteiger partial charge is 0.193 e. The van der Waals surface area contributed by atoms with Crippen LogP contribution < -0.4 is 15.8 Å². The first-order chi connectivity index (χ1) is 10.2. The zero-order valence-electron chi connectivity index (χ0n) is 12.7. The fourth-order valence-corrected chi connectivity index (χ4v) is 2.55. The third-order valence-electron chi connectivity index (χ3n) is 3.43. The predicted octanol–water partition coefficient (Wildman–Crippen LogP) is 3.65. The quantitative estimate of drug-likeness (QED) is 0.417. The van der Waals surface area contributed by atoms with Crippen LogP contribution >= 0.6 is 35.6 Å². The van der Waals surface area contributed by atoms with Crippen LogP contribution in [0.2, 0.25) is 5.02 Å². The lowest BCUT2D eigenvalue weighted by atomic mass is 10.1. The van der Waals surface area contributed by atoms with Crippen molar-refractivity contribution in [2.75, 3.05) is 25.6 Å². The molecule has 124 valence electrons. The number of aliphatic imine (C=N–C) groups is 1. The van der Waals surface area contributed by atoms with Crippen LogP contribution in [-0.4, -0.2) is 32.3 Å². The van der Waals surface area contributed by atoms with Crippen LogP contribution in [0.4, 0.5) is 5.69 Å². The van der Waals surface area contributed by atoms with Gasteiger partial charge in [-0.3, -0.25) is 4.99 Å². The first-order valence-electron chi connectivity index (χ1n) is 7.21. The van der Waals surface area contributed by atoms with Gasteiger partial charge in [0.1, 0.15) is 5.75 Å². The molecular formula is C15H23ClIN3O2. The summed E-state index contributed by atoms with van der Waals surface area (Å²) in [6.45, 7) is 1.53. The summed E-state index contributed by atoms with van der Waals surface area (Å²) in [5.41, 5.74) is 6.65. The van der Waals surface area contributed by atoms with E-state index in [0.717, 1.165) is 25.1 Å². The van der Waals surface area contributed by atoms with Gasteiger partial charge in [-0.25, -0.2) is 0 Å². The van der Waals surface area contributed by atoms with Crippen LogP contribution in [-0.2, 0) is 4.74 Å². The maximum absolute atomic E-state index is 6.06.